The molecule has 0 aliphatic rings. The lowest BCUT2D eigenvalue weighted by Crippen LogP contribution is -1.88. The van der Waals surface area contributed by atoms with Gasteiger partial charge in [-0.25, -0.2) is 0 Å². The standard InChI is InChI=1S/2C7H4BrClO/c2*8-6-4-2-1-3-5(6)7(9)10/h2*1-4H. The Hall–Kier alpha value is -0.680. The Morgan fingerprint density at radius 2 is 1.00 bits per heavy atom. The molecule has 2 nitrogen and oxygen atoms in total. The molecule has 2 aromatic carbocycles. The Balaban J connectivity index is 0.000000200. The van der Waals surface area contributed by atoms with Gasteiger partial charge in [0.2, 0.25) is 0 Å². The summed E-state index contributed by atoms with van der Waals surface area (Å²) in [5, 5.41) is -0.875. The molecule has 0 aromatic heterocycles. The maximum absolute atomic E-state index is 10.6. The second-order valence-electron chi connectivity index (χ2n) is 3.51. The van der Waals surface area contributed by atoms with Crippen LogP contribution >= 0.6 is 55.1 Å². The van der Waals surface area contributed by atoms with Crippen molar-refractivity contribution < 1.29 is 9.59 Å². The van der Waals surface area contributed by atoms with E-state index in [1.807, 2.05) is 12.1 Å². The minimum Gasteiger partial charge on any atom is -0.276 e. The van der Waals surface area contributed by atoms with E-state index in [-0.39, 0.29) is 0 Å². The van der Waals surface area contributed by atoms with Crippen LogP contribution < -0.4 is 0 Å². The summed E-state index contributed by atoms with van der Waals surface area (Å²) in [6.07, 6.45) is 0. The quantitative estimate of drug-likeness (QED) is 0.567. The summed E-state index contributed by atoms with van der Waals surface area (Å²) in [7, 11) is 0. The molecule has 20 heavy (non-hydrogen) atoms. The normalized spacial score (nSPS) is 9.40. The predicted molar refractivity (Wildman–Crippen MR) is 88.7 cm³/mol. The highest BCUT2D eigenvalue weighted by molar-refractivity contribution is 9.10. The number of hydrogen-bond acceptors (Lipinski definition) is 2. The molecule has 0 saturated heterocycles. The van der Waals surface area contributed by atoms with E-state index >= 15 is 0 Å². The molecule has 104 valence electrons. The molecule has 2 rings (SSSR count). The molecule has 0 radical (unpaired) electrons. The fourth-order valence-electron chi connectivity index (χ4n) is 1.24. The van der Waals surface area contributed by atoms with E-state index in [2.05, 4.69) is 31.9 Å². The van der Waals surface area contributed by atoms with Gasteiger partial charge in [0.15, 0.2) is 0 Å². The number of carbonyl (C=O) groups is 2. The van der Waals surface area contributed by atoms with E-state index in [1.54, 1.807) is 36.4 Å². The summed E-state index contributed by atoms with van der Waals surface area (Å²) >= 11 is 16.9. The largest absolute Gasteiger partial charge is 0.276 e. The first-order valence-electron chi connectivity index (χ1n) is 5.32. The number of halogens is 4. The Morgan fingerprint density at radius 3 is 1.20 bits per heavy atom. The molecule has 0 heterocycles. The van der Waals surface area contributed by atoms with Crippen LogP contribution in [0.3, 0.4) is 0 Å². The van der Waals surface area contributed by atoms with Gasteiger partial charge in [0.05, 0.1) is 0 Å². The minimum absolute atomic E-state index is 0.438. The van der Waals surface area contributed by atoms with Crippen LogP contribution in [-0.2, 0) is 0 Å². The van der Waals surface area contributed by atoms with Crippen LogP contribution in [0.15, 0.2) is 57.5 Å². The third-order valence-corrected chi connectivity index (χ3v) is 3.96. The van der Waals surface area contributed by atoms with Crippen molar-refractivity contribution in [2.75, 3.05) is 0 Å². The fourth-order valence-corrected chi connectivity index (χ4v) is 2.73. The van der Waals surface area contributed by atoms with E-state index in [4.69, 9.17) is 23.2 Å². The van der Waals surface area contributed by atoms with E-state index in [0.717, 1.165) is 8.95 Å². The highest BCUT2D eigenvalue weighted by Crippen LogP contribution is 2.17. The SMILES string of the molecule is O=C(Cl)c1ccccc1Br.O=C(Cl)c1ccccc1Br. The van der Waals surface area contributed by atoms with Crippen LogP contribution in [0, 0.1) is 0 Å². The minimum atomic E-state index is -0.438. The van der Waals surface area contributed by atoms with E-state index in [9.17, 15) is 9.59 Å². The molecular formula is C14H8Br2Cl2O2. The molecule has 0 bridgehead atoms. The zero-order valence-electron chi connectivity index (χ0n) is 9.95. The van der Waals surface area contributed by atoms with Gasteiger partial charge < -0.3 is 0 Å². The molecule has 6 heteroatoms. The van der Waals surface area contributed by atoms with Crippen molar-refractivity contribution in [3.63, 3.8) is 0 Å². The third-order valence-electron chi connectivity index (χ3n) is 2.17. The van der Waals surface area contributed by atoms with Crippen LogP contribution in [-0.4, -0.2) is 10.5 Å². The Labute approximate surface area is 143 Å². The Bertz CT molecular complexity index is 575. The van der Waals surface area contributed by atoms with Crippen molar-refractivity contribution in [2.45, 2.75) is 0 Å². The van der Waals surface area contributed by atoms with E-state index in [0.29, 0.717) is 11.1 Å². The summed E-state index contributed by atoms with van der Waals surface area (Å²) in [6, 6.07) is 14.1. The molecule has 0 aliphatic carbocycles. The van der Waals surface area contributed by atoms with Crippen molar-refractivity contribution in [3.05, 3.63) is 68.6 Å². The molecule has 0 N–H and O–H groups in total. The summed E-state index contributed by atoms with van der Waals surface area (Å²) in [5.41, 5.74) is 1.01. The third kappa shape index (κ3) is 5.37. The molecule has 2 aromatic rings. The van der Waals surface area contributed by atoms with Crippen LogP contribution in [0.4, 0.5) is 0 Å². The zero-order valence-corrected chi connectivity index (χ0v) is 14.6. The van der Waals surface area contributed by atoms with Gasteiger partial charge in [-0.3, -0.25) is 9.59 Å². The van der Waals surface area contributed by atoms with Crippen LogP contribution in [0.1, 0.15) is 20.7 Å². The van der Waals surface area contributed by atoms with Gasteiger partial charge in [-0.15, -0.1) is 0 Å². The first-order valence-corrected chi connectivity index (χ1v) is 7.66. The molecular weight excluding hydrogens is 431 g/mol. The maximum Gasteiger partial charge on any atom is 0.253 e. The summed E-state index contributed by atoms with van der Waals surface area (Å²) in [4.78, 5) is 21.2. The van der Waals surface area contributed by atoms with Gasteiger partial charge in [0, 0.05) is 20.1 Å². The topological polar surface area (TPSA) is 34.1 Å². The molecule has 0 atom stereocenters. The lowest BCUT2D eigenvalue weighted by molar-refractivity contribution is 0.107. The van der Waals surface area contributed by atoms with Crippen molar-refractivity contribution in [3.8, 4) is 0 Å². The van der Waals surface area contributed by atoms with Crippen molar-refractivity contribution >= 4 is 65.5 Å². The maximum atomic E-state index is 10.6. The number of benzene rings is 2. The van der Waals surface area contributed by atoms with Crippen molar-refractivity contribution in [2.24, 2.45) is 0 Å². The van der Waals surface area contributed by atoms with Gasteiger partial charge in [-0.1, -0.05) is 56.1 Å². The molecule has 0 spiro atoms. The van der Waals surface area contributed by atoms with Crippen molar-refractivity contribution in [1.82, 2.24) is 0 Å². The van der Waals surface area contributed by atoms with E-state index < -0.39 is 10.5 Å². The van der Waals surface area contributed by atoms with Crippen LogP contribution in [0.5, 0.6) is 0 Å². The lowest BCUT2D eigenvalue weighted by Gasteiger charge is -1.94. The van der Waals surface area contributed by atoms with Crippen LogP contribution in [0.2, 0.25) is 0 Å². The monoisotopic (exact) mass is 436 g/mol. The van der Waals surface area contributed by atoms with Gasteiger partial charge in [-0.2, -0.15) is 0 Å². The zero-order chi connectivity index (χ0) is 15.1. The first-order chi connectivity index (χ1) is 9.43. The average Bonchev–Trinajstić information content (AvgIpc) is 2.40. The number of carbonyl (C=O) groups excluding carboxylic acids is 2. The summed E-state index contributed by atoms with van der Waals surface area (Å²) < 4.78 is 1.46. The van der Waals surface area contributed by atoms with E-state index in [1.165, 1.54) is 0 Å². The first kappa shape index (κ1) is 17.4. The molecule has 0 saturated carbocycles. The highest BCUT2D eigenvalue weighted by Gasteiger charge is 2.04. The number of rotatable bonds is 2. The molecule has 0 unspecified atom stereocenters. The van der Waals surface area contributed by atoms with Crippen molar-refractivity contribution in [1.29, 1.82) is 0 Å². The second-order valence-corrected chi connectivity index (χ2v) is 5.90. The molecule has 0 fully saturated rings. The van der Waals surface area contributed by atoms with Gasteiger partial charge in [0.1, 0.15) is 0 Å². The summed E-state index contributed by atoms with van der Waals surface area (Å²) in [5.74, 6) is 0. The lowest BCUT2D eigenvalue weighted by atomic mass is 10.2. The van der Waals surface area contributed by atoms with Crippen LogP contribution in [0.25, 0.3) is 0 Å². The highest BCUT2D eigenvalue weighted by atomic mass is 79.9. The Morgan fingerprint density at radius 1 is 0.700 bits per heavy atom. The second kappa shape index (κ2) is 8.57. The summed E-state index contributed by atoms with van der Waals surface area (Å²) in [6.45, 7) is 0. The fraction of sp³-hybridized carbons (Fsp3) is 0. The smallest absolute Gasteiger partial charge is 0.253 e. The molecule has 0 aliphatic heterocycles. The van der Waals surface area contributed by atoms with Gasteiger partial charge in [0.25, 0.3) is 10.5 Å². The average molecular weight is 439 g/mol. The van der Waals surface area contributed by atoms with Gasteiger partial charge >= 0.3 is 0 Å². The predicted octanol–water partition coefficient (Wildman–Crippen LogP) is 5.66. The Kier molecular flexibility index (Phi) is 7.45. The number of hydrogen-bond donors (Lipinski definition) is 0. The van der Waals surface area contributed by atoms with Gasteiger partial charge in [-0.05, 0) is 47.5 Å². The molecule has 0 amide bonds.